The molecule has 3 amide bonds. The average Bonchev–Trinajstić information content (AvgIpc) is 3.05. The van der Waals surface area contributed by atoms with Crippen LogP contribution >= 0.6 is 0 Å². The van der Waals surface area contributed by atoms with Crippen LogP contribution in [0.3, 0.4) is 0 Å². The zero-order valence-electron chi connectivity index (χ0n) is 26.2. The van der Waals surface area contributed by atoms with E-state index in [0.29, 0.717) is 68.2 Å². The van der Waals surface area contributed by atoms with Crippen LogP contribution in [-0.4, -0.2) is 96.0 Å². The molecule has 0 radical (unpaired) electrons. The van der Waals surface area contributed by atoms with Gasteiger partial charge in [0.2, 0.25) is 5.95 Å². The molecule has 1 unspecified atom stereocenters. The molecule has 0 saturated carbocycles. The third-order valence-electron chi connectivity index (χ3n) is 8.50. The number of nitrogens with zero attached hydrogens (tertiary/aromatic N) is 5. The second-order valence-corrected chi connectivity index (χ2v) is 12.6. The molecule has 4 heterocycles. The number of piperazine rings is 1. The molecule has 45 heavy (non-hydrogen) atoms. The molecule has 6 rings (SSSR count). The van der Waals surface area contributed by atoms with Gasteiger partial charge in [0.1, 0.15) is 5.82 Å². The summed E-state index contributed by atoms with van der Waals surface area (Å²) in [6.45, 7) is 11.8. The SMILES string of the molecule is CC1COCCN1c1nc(-c2ccc(NC(=O)Nc3ccc(C(=O)N4CCNC(C)(C)C4)cc3)cc2)nc(C2CCOCC2)n1. The van der Waals surface area contributed by atoms with Crippen LogP contribution < -0.4 is 20.9 Å². The van der Waals surface area contributed by atoms with Gasteiger partial charge < -0.3 is 35.2 Å². The molecule has 1 atom stereocenters. The van der Waals surface area contributed by atoms with Crippen molar-refractivity contribution in [3.8, 4) is 11.4 Å². The van der Waals surface area contributed by atoms with Gasteiger partial charge in [-0.2, -0.15) is 9.97 Å². The van der Waals surface area contributed by atoms with Crippen LogP contribution in [0, 0.1) is 0 Å². The van der Waals surface area contributed by atoms with E-state index < -0.39 is 0 Å². The number of hydrogen-bond donors (Lipinski definition) is 3. The summed E-state index contributed by atoms with van der Waals surface area (Å²) in [6.07, 6.45) is 1.76. The number of carbonyl (C=O) groups excluding carboxylic acids is 2. The first-order valence-corrected chi connectivity index (χ1v) is 15.7. The van der Waals surface area contributed by atoms with Gasteiger partial charge in [0.15, 0.2) is 5.82 Å². The molecule has 3 N–H and O–H groups in total. The highest BCUT2D eigenvalue weighted by Crippen LogP contribution is 2.29. The maximum atomic E-state index is 13.0. The maximum absolute atomic E-state index is 13.0. The van der Waals surface area contributed by atoms with Crippen molar-refractivity contribution in [3.63, 3.8) is 0 Å². The van der Waals surface area contributed by atoms with Crippen molar-refractivity contribution in [2.45, 2.75) is 51.1 Å². The molecule has 3 aliphatic rings. The van der Waals surface area contributed by atoms with Crippen molar-refractivity contribution in [2.24, 2.45) is 0 Å². The number of benzene rings is 2. The standard InChI is InChI=1S/C33H42N8O4/c1-22-20-45-19-16-41(22)31-38-28(37-29(39-31)24-12-17-44-18-13-24)23-4-8-26(9-5-23)35-32(43)36-27-10-6-25(7-11-27)30(42)40-15-14-34-33(2,3)21-40/h4-11,22,24,34H,12-21H2,1-3H3,(H2,35,36,43). The van der Waals surface area contributed by atoms with E-state index in [9.17, 15) is 9.59 Å². The number of amides is 3. The Morgan fingerprint density at radius 3 is 2.24 bits per heavy atom. The molecule has 2 aromatic carbocycles. The van der Waals surface area contributed by atoms with E-state index in [0.717, 1.165) is 37.3 Å². The van der Waals surface area contributed by atoms with Gasteiger partial charge in [-0.3, -0.25) is 4.79 Å². The van der Waals surface area contributed by atoms with Gasteiger partial charge in [-0.1, -0.05) is 0 Å². The number of ether oxygens (including phenoxy) is 2. The first-order valence-electron chi connectivity index (χ1n) is 15.7. The van der Waals surface area contributed by atoms with Crippen LogP contribution in [0.2, 0.25) is 0 Å². The lowest BCUT2D eigenvalue weighted by atomic mass is 9.99. The Labute approximate surface area is 263 Å². The molecular formula is C33H42N8O4. The summed E-state index contributed by atoms with van der Waals surface area (Å²) in [5.41, 5.74) is 2.54. The summed E-state index contributed by atoms with van der Waals surface area (Å²) in [7, 11) is 0. The molecule has 0 spiro atoms. The van der Waals surface area contributed by atoms with Crippen molar-refractivity contribution in [1.82, 2.24) is 25.2 Å². The Kier molecular flexibility index (Phi) is 9.24. The topological polar surface area (TPSA) is 134 Å². The smallest absolute Gasteiger partial charge is 0.323 e. The molecule has 1 aromatic heterocycles. The van der Waals surface area contributed by atoms with Crippen LogP contribution in [0.25, 0.3) is 11.4 Å². The van der Waals surface area contributed by atoms with Crippen LogP contribution in [0.4, 0.5) is 22.1 Å². The monoisotopic (exact) mass is 614 g/mol. The van der Waals surface area contributed by atoms with Gasteiger partial charge in [0, 0.05) is 73.4 Å². The maximum Gasteiger partial charge on any atom is 0.323 e. The van der Waals surface area contributed by atoms with Gasteiger partial charge in [0.25, 0.3) is 5.91 Å². The van der Waals surface area contributed by atoms with Crippen LogP contribution in [0.1, 0.15) is 55.7 Å². The Balaban J connectivity index is 1.11. The predicted octanol–water partition coefficient (Wildman–Crippen LogP) is 4.13. The first kappa shape index (κ1) is 30.9. The fraction of sp³-hybridized carbons (Fsp3) is 0.485. The van der Waals surface area contributed by atoms with E-state index in [1.165, 1.54) is 0 Å². The second kappa shape index (κ2) is 13.5. The predicted molar refractivity (Wildman–Crippen MR) is 173 cm³/mol. The highest BCUT2D eigenvalue weighted by molar-refractivity contribution is 6.00. The summed E-state index contributed by atoms with van der Waals surface area (Å²) in [6, 6.07) is 14.2. The van der Waals surface area contributed by atoms with Crippen molar-refractivity contribution in [2.75, 3.05) is 68.1 Å². The van der Waals surface area contributed by atoms with E-state index in [2.05, 4.69) is 41.6 Å². The van der Waals surface area contributed by atoms with E-state index in [1.54, 1.807) is 24.3 Å². The summed E-state index contributed by atoms with van der Waals surface area (Å²) in [4.78, 5) is 44.5. The first-order chi connectivity index (χ1) is 21.7. The number of anilines is 3. The van der Waals surface area contributed by atoms with Crippen molar-refractivity contribution < 1.29 is 19.1 Å². The molecule has 0 bridgehead atoms. The number of hydrogen-bond acceptors (Lipinski definition) is 9. The zero-order chi connectivity index (χ0) is 31.4. The lowest BCUT2D eigenvalue weighted by molar-refractivity contribution is 0.0652. The average molecular weight is 615 g/mol. The fourth-order valence-electron chi connectivity index (χ4n) is 5.99. The summed E-state index contributed by atoms with van der Waals surface area (Å²) in [5.74, 6) is 2.29. The molecule has 238 valence electrons. The largest absolute Gasteiger partial charge is 0.381 e. The molecule has 3 aliphatic heterocycles. The Morgan fingerprint density at radius 2 is 1.58 bits per heavy atom. The number of rotatable bonds is 6. The van der Waals surface area contributed by atoms with Gasteiger partial charge in [-0.05, 0) is 82.1 Å². The number of morpholine rings is 1. The Hall–Kier alpha value is -4.13. The molecule has 3 aromatic rings. The zero-order valence-corrected chi connectivity index (χ0v) is 26.2. The van der Waals surface area contributed by atoms with E-state index in [4.69, 9.17) is 24.4 Å². The lowest BCUT2D eigenvalue weighted by Crippen LogP contribution is -2.58. The second-order valence-electron chi connectivity index (χ2n) is 12.6. The van der Waals surface area contributed by atoms with Gasteiger partial charge in [0.05, 0.1) is 19.3 Å². The molecule has 3 saturated heterocycles. The fourth-order valence-corrected chi connectivity index (χ4v) is 5.99. The summed E-state index contributed by atoms with van der Waals surface area (Å²) >= 11 is 0. The molecular weight excluding hydrogens is 572 g/mol. The Morgan fingerprint density at radius 1 is 0.889 bits per heavy atom. The highest BCUT2D eigenvalue weighted by Gasteiger charge is 2.29. The van der Waals surface area contributed by atoms with Gasteiger partial charge in [-0.15, -0.1) is 0 Å². The lowest BCUT2D eigenvalue weighted by Gasteiger charge is -2.39. The molecule has 12 heteroatoms. The van der Waals surface area contributed by atoms with Crippen molar-refractivity contribution in [3.05, 3.63) is 59.9 Å². The van der Waals surface area contributed by atoms with Gasteiger partial charge >= 0.3 is 6.03 Å². The molecule has 0 aliphatic carbocycles. The van der Waals surface area contributed by atoms with E-state index in [-0.39, 0.29) is 29.4 Å². The molecule has 12 nitrogen and oxygen atoms in total. The van der Waals surface area contributed by atoms with Crippen LogP contribution in [0.15, 0.2) is 48.5 Å². The summed E-state index contributed by atoms with van der Waals surface area (Å²) < 4.78 is 11.2. The number of aromatic nitrogens is 3. The minimum Gasteiger partial charge on any atom is -0.381 e. The van der Waals surface area contributed by atoms with Crippen molar-refractivity contribution in [1.29, 1.82) is 0 Å². The van der Waals surface area contributed by atoms with E-state index in [1.807, 2.05) is 29.2 Å². The minimum atomic E-state index is -0.378. The number of carbonyl (C=O) groups is 2. The number of urea groups is 1. The molecule has 3 fully saturated rings. The number of nitrogens with one attached hydrogen (secondary N) is 3. The van der Waals surface area contributed by atoms with Crippen LogP contribution in [-0.2, 0) is 9.47 Å². The summed E-state index contributed by atoms with van der Waals surface area (Å²) in [5, 5.41) is 9.14. The van der Waals surface area contributed by atoms with Crippen LogP contribution in [0.5, 0.6) is 0 Å². The van der Waals surface area contributed by atoms with Gasteiger partial charge in [-0.25, -0.2) is 9.78 Å². The third kappa shape index (κ3) is 7.58. The highest BCUT2D eigenvalue weighted by atomic mass is 16.5. The van der Waals surface area contributed by atoms with E-state index >= 15 is 0 Å². The Bertz CT molecular complexity index is 1490. The normalized spacial score (nSPS) is 20.5. The van der Waals surface area contributed by atoms with Crippen molar-refractivity contribution >= 4 is 29.3 Å². The third-order valence-corrected chi connectivity index (χ3v) is 8.50. The quantitative estimate of drug-likeness (QED) is 0.375. The minimum absolute atomic E-state index is 0.00898.